The molecule has 0 aliphatic carbocycles. The average molecular weight is 486 g/mol. The molecule has 0 atom stereocenters. The minimum atomic E-state index is -0.482. The quantitative estimate of drug-likeness (QED) is 0.173. The van der Waals surface area contributed by atoms with Crippen LogP contribution in [-0.4, -0.2) is 30.5 Å². The summed E-state index contributed by atoms with van der Waals surface area (Å²) in [4.78, 5) is 36.6. The molecule has 0 unspecified atom stereocenters. The first-order valence-electron chi connectivity index (χ1n) is 10.7. The largest absolute Gasteiger partial charge is 0.423 e. The monoisotopic (exact) mass is 485 g/mol. The van der Waals surface area contributed by atoms with Crippen molar-refractivity contribution >= 4 is 46.4 Å². The van der Waals surface area contributed by atoms with Crippen LogP contribution in [0, 0.1) is 0 Å². The first kappa shape index (κ1) is 23.7. The van der Waals surface area contributed by atoms with E-state index in [1.807, 2.05) is 36.4 Å². The summed E-state index contributed by atoms with van der Waals surface area (Å²) in [5.41, 5.74) is 3.90. The van der Waals surface area contributed by atoms with Gasteiger partial charge in [0.25, 0.3) is 11.8 Å². The Kier molecular flexibility index (Phi) is 7.50. The van der Waals surface area contributed by atoms with Gasteiger partial charge >= 0.3 is 5.97 Å². The fourth-order valence-electron chi connectivity index (χ4n) is 3.27. The Morgan fingerprint density at radius 3 is 2.34 bits per heavy atom. The average Bonchev–Trinajstić information content (AvgIpc) is 2.88. The van der Waals surface area contributed by atoms with E-state index in [0.29, 0.717) is 27.5 Å². The number of hydrogen-bond donors (Lipinski definition) is 2. The van der Waals surface area contributed by atoms with Crippen molar-refractivity contribution in [2.45, 2.75) is 0 Å². The highest BCUT2D eigenvalue weighted by Crippen LogP contribution is 2.21. The maximum atomic E-state index is 12.6. The lowest BCUT2D eigenvalue weighted by atomic mass is 10.0. The molecule has 2 N–H and O–H groups in total. The predicted molar refractivity (Wildman–Crippen MR) is 135 cm³/mol. The third-order valence-corrected chi connectivity index (χ3v) is 5.27. The second kappa shape index (κ2) is 11.1. The van der Waals surface area contributed by atoms with Gasteiger partial charge in [0.2, 0.25) is 0 Å². The van der Waals surface area contributed by atoms with Gasteiger partial charge in [-0.25, -0.2) is 10.2 Å². The van der Waals surface area contributed by atoms with E-state index in [0.717, 1.165) is 10.8 Å². The van der Waals surface area contributed by atoms with Crippen molar-refractivity contribution in [3.05, 3.63) is 113 Å². The lowest BCUT2D eigenvalue weighted by Gasteiger charge is -2.07. The molecule has 4 aromatic rings. The van der Waals surface area contributed by atoms with Gasteiger partial charge in [-0.1, -0.05) is 48.0 Å². The SMILES string of the molecule is O=C(CNC(=O)c1ccc(Cl)cc1)NN=Cc1ccc(OC(=O)c2cccc3ccccc23)cc1. The zero-order valence-corrected chi connectivity index (χ0v) is 19.2. The van der Waals surface area contributed by atoms with E-state index < -0.39 is 17.8 Å². The van der Waals surface area contributed by atoms with Crippen LogP contribution >= 0.6 is 11.6 Å². The number of nitrogens with zero attached hydrogens (tertiary/aromatic N) is 1. The number of esters is 1. The Bertz CT molecular complexity index is 1400. The molecular weight excluding hydrogens is 466 g/mol. The highest BCUT2D eigenvalue weighted by Gasteiger charge is 2.12. The maximum absolute atomic E-state index is 12.6. The number of nitrogens with one attached hydrogen (secondary N) is 2. The molecule has 0 radical (unpaired) electrons. The number of benzene rings is 4. The number of halogens is 1. The molecule has 0 saturated heterocycles. The van der Waals surface area contributed by atoms with Crippen LogP contribution in [0.15, 0.2) is 96.1 Å². The van der Waals surface area contributed by atoms with Gasteiger partial charge in [0, 0.05) is 10.6 Å². The van der Waals surface area contributed by atoms with Crippen molar-refractivity contribution in [1.82, 2.24) is 10.7 Å². The maximum Gasteiger partial charge on any atom is 0.344 e. The van der Waals surface area contributed by atoms with E-state index in [2.05, 4.69) is 15.8 Å². The number of ether oxygens (including phenoxy) is 1. The van der Waals surface area contributed by atoms with Gasteiger partial charge in [0.05, 0.1) is 18.3 Å². The summed E-state index contributed by atoms with van der Waals surface area (Å²) in [6.07, 6.45) is 1.44. The minimum Gasteiger partial charge on any atom is -0.423 e. The number of carbonyl (C=O) groups is 3. The molecule has 174 valence electrons. The fraction of sp³-hybridized carbons (Fsp3) is 0.0370. The summed E-state index contributed by atoms with van der Waals surface area (Å²) in [6, 6.07) is 26.1. The molecule has 0 aromatic heterocycles. The zero-order chi connectivity index (χ0) is 24.6. The van der Waals surface area contributed by atoms with E-state index in [-0.39, 0.29) is 6.54 Å². The standard InChI is InChI=1S/C27H20ClN3O4/c28-21-12-10-20(11-13-21)26(33)29-17-25(32)31-30-16-18-8-14-22(15-9-18)35-27(34)24-7-3-5-19-4-1-2-6-23(19)24/h1-16H,17H2,(H,29,33)(H,31,32). The van der Waals surface area contributed by atoms with E-state index in [1.165, 1.54) is 6.21 Å². The summed E-state index contributed by atoms with van der Waals surface area (Å²) >= 11 is 5.79. The van der Waals surface area contributed by atoms with Crippen LogP contribution in [0.1, 0.15) is 26.3 Å². The predicted octanol–water partition coefficient (Wildman–Crippen LogP) is 4.59. The molecule has 7 nitrogen and oxygen atoms in total. The van der Waals surface area contributed by atoms with Crippen molar-refractivity contribution in [1.29, 1.82) is 0 Å². The van der Waals surface area contributed by atoms with Crippen molar-refractivity contribution in [3.63, 3.8) is 0 Å². The number of fused-ring (bicyclic) bond motifs is 1. The number of rotatable bonds is 7. The zero-order valence-electron chi connectivity index (χ0n) is 18.4. The first-order valence-corrected chi connectivity index (χ1v) is 11.0. The van der Waals surface area contributed by atoms with Gasteiger partial charge in [-0.05, 0) is 70.9 Å². The molecule has 8 heteroatoms. The Morgan fingerprint density at radius 1 is 0.857 bits per heavy atom. The minimum absolute atomic E-state index is 0.234. The fourth-order valence-corrected chi connectivity index (χ4v) is 3.40. The van der Waals surface area contributed by atoms with Crippen LogP contribution in [0.5, 0.6) is 5.75 Å². The highest BCUT2D eigenvalue weighted by atomic mass is 35.5. The molecule has 2 amide bonds. The smallest absolute Gasteiger partial charge is 0.344 e. The molecule has 4 aromatic carbocycles. The van der Waals surface area contributed by atoms with Crippen LogP contribution in [0.4, 0.5) is 0 Å². The van der Waals surface area contributed by atoms with Gasteiger partial charge in [0.15, 0.2) is 0 Å². The van der Waals surface area contributed by atoms with E-state index >= 15 is 0 Å². The highest BCUT2D eigenvalue weighted by molar-refractivity contribution is 6.30. The first-order chi connectivity index (χ1) is 17.0. The van der Waals surface area contributed by atoms with Gasteiger partial charge in [-0.2, -0.15) is 5.10 Å². The van der Waals surface area contributed by atoms with E-state index in [4.69, 9.17) is 16.3 Å². The number of hydrazone groups is 1. The summed E-state index contributed by atoms with van der Waals surface area (Å²) < 4.78 is 5.50. The molecule has 0 bridgehead atoms. The van der Waals surface area contributed by atoms with Gasteiger partial charge in [-0.3, -0.25) is 9.59 Å². The summed E-state index contributed by atoms with van der Waals surface area (Å²) in [5, 5.41) is 8.68. The Balaban J connectivity index is 1.27. The molecular formula is C27H20ClN3O4. The molecule has 35 heavy (non-hydrogen) atoms. The molecule has 0 aliphatic heterocycles. The molecule has 0 aliphatic rings. The Hall–Kier alpha value is -4.49. The van der Waals surface area contributed by atoms with Gasteiger partial charge in [-0.15, -0.1) is 0 Å². The molecule has 4 rings (SSSR count). The lowest BCUT2D eigenvalue weighted by molar-refractivity contribution is -0.120. The molecule has 0 heterocycles. The summed E-state index contributed by atoms with van der Waals surface area (Å²) in [7, 11) is 0. The van der Waals surface area contributed by atoms with Crippen molar-refractivity contribution in [2.24, 2.45) is 5.10 Å². The van der Waals surface area contributed by atoms with Crippen LogP contribution in [-0.2, 0) is 4.79 Å². The number of amides is 2. The van der Waals surface area contributed by atoms with Crippen molar-refractivity contribution < 1.29 is 19.1 Å². The molecule has 0 saturated carbocycles. The topological polar surface area (TPSA) is 96.9 Å². The Labute approximate surface area is 206 Å². The third-order valence-electron chi connectivity index (χ3n) is 5.02. The second-order valence-electron chi connectivity index (χ2n) is 7.47. The number of hydrogen-bond acceptors (Lipinski definition) is 5. The van der Waals surface area contributed by atoms with E-state index in [1.54, 1.807) is 54.6 Å². The van der Waals surface area contributed by atoms with Crippen molar-refractivity contribution in [3.8, 4) is 5.75 Å². The second-order valence-corrected chi connectivity index (χ2v) is 7.90. The number of carbonyl (C=O) groups excluding carboxylic acids is 3. The van der Waals surface area contributed by atoms with Crippen LogP contribution < -0.4 is 15.5 Å². The lowest BCUT2D eigenvalue weighted by Crippen LogP contribution is -2.34. The molecule has 0 fully saturated rings. The van der Waals surface area contributed by atoms with Crippen LogP contribution in [0.25, 0.3) is 10.8 Å². The van der Waals surface area contributed by atoms with Gasteiger partial charge in [0.1, 0.15) is 5.75 Å². The molecule has 0 spiro atoms. The normalized spacial score (nSPS) is 10.8. The van der Waals surface area contributed by atoms with Crippen molar-refractivity contribution in [2.75, 3.05) is 6.54 Å². The third kappa shape index (κ3) is 6.31. The van der Waals surface area contributed by atoms with Gasteiger partial charge < -0.3 is 10.1 Å². The van der Waals surface area contributed by atoms with E-state index in [9.17, 15) is 14.4 Å². The van der Waals surface area contributed by atoms with Crippen LogP contribution in [0.3, 0.4) is 0 Å². The summed E-state index contributed by atoms with van der Waals surface area (Å²) in [5.74, 6) is -0.941. The van der Waals surface area contributed by atoms with Crippen LogP contribution in [0.2, 0.25) is 5.02 Å². The summed E-state index contributed by atoms with van der Waals surface area (Å²) in [6.45, 7) is -0.234. The Morgan fingerprint density at radius 2 is 1.57 bits per heavy atom.